The second-order valence-corrected chi connectivity index (χ2v) is 8.15. The molecular weight excluding hydrogens is 348 g/mol. The standard InChI is InChI=1S/C23H30N4O/c1-18-6-5-15-27(17-18)23(28)19-11-12-24-22(16-19)25-20-7-9-21(10-8-20)26-13-3-2-4-14-26/h7-12,16,18H,2-6,13-15,17H2,1H3,(H,24,25). The van der Waals surface area contributed by atoms with Crippen molar-refractivity contribution in [1.29, 1.82) is 0 Å². The summed E-state index contributed by atoms with van der Waals surface area (Å²) in [4.78, 5) is 21.7. The minimum absolute atomic E-state index is 0.109. The third kappa shape index (κ3) is 4.46. The highest BCUT2D eigenvalue weighted by molar-refractivity contribution is 5.95. The molecule has 4 rings (SSSR count). The molecule has 5 nitrogen and oxygen atoms in total. The maximum atomic E-state index is 12.8. The van der Waals surface area contributed by atoms with E-state index in [1.165, 1.54) is 31.4 Å². The third-order valence-electron chi connectivity index (χ3n) is 5.81. The van der Waals surface area contributed by atoms with Gasteiger partial charge in [-0.15, -0.1) is 0 Å². The zero-order chi connectivity index (χ0) is 19.3. The van der Waals surface area contributed by atoms with E-state index in [2.05, 4.69) is 46.4 Å². The third-order valence-corrected chi connectivity index (χ3v) is 5.81. The van der Waals surface area contributed by atoms with Gasteiger partial charge in [-0.05, 0) is 74.4 Å². The number of pyridine rings is 1. The summed E-state index contributed by atoms with van der Waals surface area (Å²) in [5, 5.41) is 3.34. The van der Waals surface area contributed by atoms with Crippen LogP contribution in [0.5, 0.6) is 0 Å². The first-order valence-electron chi connectivity index (χ1n) is 10.6. The molecule has 2 saturated heterocycles. The lowest BCUT2D eigenvalue weighted by Gasteiger charge is -2.31. The number of anilines is 3. The van der Waals surface area contributed by atoms with Gasteiger partial charge in [-0.2, -0.15) is 0 Å². The summed E-state index contributed by atoms with van der Waals surface area (Å²) in [7, 11) is 0. The Balaban J connectivity index is 1.42. The Hall–Kier alpha value is -2.56. The molecule has 2 aromatic rings. The fourth-order valence-electron chi connectivity index (χ4n) is 4.24. The van der Waals surface area contributed by atoms with Gasteiger partial charge < -0.3 is 15.1 Å². The van der Waals surface area contributed by atoms with Crippen LogP contribution in [0.3, 0.4) is 0 Å². The van der Waals surface area contributed by atoms with Gasteiger partial charge in [0.1, 0.15) is 5.82 Å². The van der Waals surface area contributed by atoms with Crippen molar-refractivity contribution in [2.24, 2.45) is 5.92 Å². The lowest BCUT2D eigenvalue weighted by atomic mass is 9.99. The van der Waals surface area contributed by atoms with Gasteiger partial charge in [0.15, 0.2) is 0 Å². The highest BCUT2D eigenvalue weighted by atomic mass is 16.2. The first kappa shape index (κ1) is 18.8. The van der Waals surface area contributed by atoms with Crippen LogP contribution >= 0.6 is 0 Å². The van der Waals surface area contributed by atoms with E-state index in [1.54, 1.807) is 6.20 Å². The summed E-state index contributed by atoms with van der Waals surface area (Å²) in [6.07, 6.45) is 7.91. The van der Waals surface area contributed by atoms with Crippen molar-refractivity contribution >= 4 is 23.1 Å². The summed E-state index contributed by atoms with van der Waals surface area (Å²) >= 11 is 0. The minimum atomic E-state index is 0.109. The van der Waals surface area contributed by atoms with E-state index in [4.69, 9.17) is 0 Å². The lowest BCUT2D eigenvalue weighted by Crippen LogP contribution is -2.39. The van der Waals surface area contributed by atoms with Crippen LogP contribution in [0.25, 0.3) is 0 Å². The quantitative estimate of drug-likeness (QED) is 0.839. The van der Waals surface area contributed by atoms with Gasteiger partial charge in [-0.25, -0.2) is 4.98 Å². The van der Waals surface area contributed by atoms with Crippen LogP contribution in [0.15, 0.2) is 42.6 Å². The second-order valence-electron chi connectivity index (χ2n) is 8.15. The second kappa shape index (κ2) is 8.63. The van der Waals surface area contributed by atoms with Crippen molar-refractivity contribution in [1.82, 2.24) is 9.88 Å². The number of nitrogens with one attached hydrogen (secondary N) is 1. The Morgan fingerprint density at radius 1 is 1.04 bits per heavy atom. The van der Waals surface area contributed by atoms with Crippen LogP contribution in [-0.4, -0.2) is 42.0 Å². The number of hydrogen-bond donors (Lipinski definition) is 1. The number of nitrogens with zero attached hydrogens (tertiary/aromatic N) is 3. The molecule has 2 aliphatic rings. The molecule has 1 atom stereocenters. The van der Waals surface area contributed by atoms with E-state index in [0.717, 1.165) is 38.3 Å². The molecule has 1 aromatic carbocycles. The topological polar surface area (TPSA) is 48.5 Å². The highest BCUT2D eigenvalue weighted by Gasteiger charge is 2.22. The molecule has 5 heteroatoms. The van der Waals surface area contributed by atoms with Crippen LogP contribution < -0.4 is 10.2 Å². The van der Waals surface area contributed by atoms with Crippen LogP contribution in [0.2, 0.25) is 0 Å². The minimum Gasteiger partial charge on any atom is -0.372 e. The fraction of sp³-hybridized carbons (Fsp3) is 0.478. The van der Waals surface area contributed by atoms with Crippen molar-refractivity contribution < 1.29 is 4.79 Å². The van der Waals surface area contributed by atoms with Gasteiger partial charge in [-0.1, -0.05) is 6.92 Å². The number of carbonyl (C=O) groups excluding carboxylic acids is 1. The van der Waals surface area contributed by atoms with Gasteiger partial charge in [0.25, 0.3) is 5.91 Å². The Kier molecular flexibility index (Phi) is 5.79. The molecule has 0 spiro atoms. The smallest absolute Gasteiger partial charge is 0.254 e. The predicted molar refractivity (Wildman–Crippen MR) is 114 cm³/mol. The van der Waals surface area contributed by atoms with Crippen molar-refractivity contribution in [2.45, 2.75) is 39.0 Å². The summed E-state index contributed by atoms with van der Waals surface area (Å²) < 4.78 is 0. The zero-order valence-electron chi connectivity index (χ0n) is 16.7. The van der Waals surface area contributed by atoms with Crippen molar-refractivity contribution in [2.75, 3.05) is 36.4 Å². The van der Waals surface area contributed by atoms with Gasteiger partial charge in [0, 0.05) is 49.3 Å². The number of carbonyl (C=O) groups is 1. The fourth-order valence-corrected chi connectivity index (χ4v) is 4.24. The largest absolute Gasteiger partial charge is 0.372 e. The number of hydrogen-bond acceptors (Lipinski definition) is 4. The van der Waals surface area contributed by atoms with Crippen molar-refractivity contribution in [3.05, 3.63) is 48.2 Å². The first-order chi connectivity index (χ1) is 13.7. The van der Waals surface area contributed by atoms with Crippen molar-refractivity contribution in [3.63, 3.8) is 0 Å². The molecular formula is C23H30N4O. The molecule has 0 saturated carbocycles. The molecule has 0 radical (unpaired) electrons. The molecule has 1 N–H and O–H groups in total. The summed E-state index contributed by atoms with van der Waals surface area (Å²) in [6, 6.07) is 12.2. The Morgan fingerprint density at radius 2 is 1.82 bits per heavy atom. The van der Waals surface area contributed by atoms with Gasteiger partial charge in [-0.3, -0.25) is 4.79 Å². The lowest BCUT2D eigenvalue weighted by molar-refractivity contribution is 0.0683. The molecule has 1 unspecified atom stereocenters. The summed E-state index contributed by atoms with van der Waals surface area (Å²) in [5.41, 5.74) is 2.97. The van der Waals surface area contributed by atoms with Crippen LogP contribution in [0.4, 0.5) is 17.2 Å². The van der Waals surface area contributed by atoms with E-state index in [0.29, 0.717) is 17.3 Å². The Bertz CT molecular complexity index is 799. The maximum Gasteiger partial charge on any atom is 0.254 e. The number of likely N-dealkylation sites (tertiary alicyclic amines) is 1. The summed E-state index contributed by atoms with van der Waals surface area (Å²) in [5.74, 6) is 1.40. The molecule has 0 bridgehead atoms. The number of amides is 1. The van der Waals surface area contributed by atoms with Gasteiger partial charge in [0.2, 0.25) is 0 Å². The molecule has 148 valence electrons. The molecule has 2 aliphatic heterocycles. The van der Waals surface area contributed by atoms with E-state index >= 15 is 0 Å². The highest BCUT2D eigenvalue weighted by Crippen LogP contribution is 2.24. The Morgan fingerprint density at radius 3 is 2.57 bits per heavy atom. The number of benzene rings is 1. The van der Waals surface area contributed by atoms with E-state index in [1.807, 2.05) is 17.0 Å². The van der Waals surface area contributed by atoms with Crippen LogP contribution in [-0.2, 0) is 0 Å². The van der Waals surface area contributed by atoms with E-state index in [-0.39, 0.29) is 5.91 Å². The first-order valence-corrected chi connectivity index (χ1v) is 10.6. The molecule has 28 heavy (non-hydrogen) atoms. The normalized spacial score (nSPS) is 20.1. The maximum absolute atomic E-state index is 12.8. The average molecular weight is 379 g/mol. The predicted octanol–water partition coefficient (Wildman–Crippen LogP) is 4.69. The van der Waals surface area contributed by atoms with Crippen LogP contribution in [0, 0.1) is 5.92 Å². The van der Waals surface area contributed by atoms with Crippen molar-refractivity contribution in [3.8, 4) is 0 Å². The molecule has 3 heterocycles. The monoisotopic (exact) mass is 378 g/mol. The van der Waals surface area contributed by atoms with Crippen LogP contribution in [0.1, 0.15) is 49.4 Å². The molecule has 2 fully saturated rings. The summed E-state index contributed by atoms with van der Waals surface area (Å²) in [6.45, 7) is 6.21. The molecule has 0 aliphatic carbocycles. The molecule has 1 aromatic heterocycles. The van der Waals surface area contributed by atoms with Gasteiger partial charge in [0.05, 0.1) is 0 Å². The number of piperidine rings is 2. The average Bonchev–Trinajstić information content (AvgIpc) is 2.75. The SMILES string of the molecule is CC1CCCN(C(=O)c2ccnc(Nc3ccc(N4CCCCC4)cc3)c2)C1. The van der Waals surface area contributed by atoms with E-state index in [9.17, 15) is 4.79 Å². The molecule has 1 amide bonds. The van der Waals surface area contributed by atoms with Gasteiger partial charge >= 0.3 is 0 Å². The number of aromatic nitrogens is 1. The zero-order valence-corrected chi connectivity index (χ0v) is 16.7. The van der Waals surface area contributed by atoms with E-state index < -0.39 is 0 Å². The Labute approximate surface area is 167 Å². The number of rotatable bonds is 4.